The van der Waals surface area contributed by atoms with Crippen LogP contribution < -0.4 is 20.9 Å². The van der Waals surface area contributed by atoms with Gasteiger partial charge in [-0.15, -0.1) is 0 Å². The van der Waals surface area contributed by atoms with E-state index < -0.39 is 12.0 Å². The van der Waals surface area contributed by atoms with Crippen LogP contribution in [-0.4, -0.2) is 38.2 Å². The minimum absolute atomic E-state index is 0.0793. The third-order valence-corrected chi connectivity index (χ3v) is 3.23. The molecule has 1 heterocycles. The second-order valence-corrected chi connectivity index (χ2v) is 4.72. The number of rotatable bonds is 6. The van der Waals surface area contributed by atoms with E-state index in [0.717, 1.165) is 12.1 Å². The first-order valence-corrected chi connectivity index (χ1v) is 6.72. The van der Waals surface area contributed by atoms with E-state index in [2.05, 4.69) is 0 Å². The fourth-order valence-electron chi connectivity index (χ4n) is 2.22. The molecule has 1 atom stereocenters. The zero-order valence-corrected chi connectivity index (χ0v) is 11.9. The SMILES string of the molecule is COCC(Oc1cccc(N2CCCC2=O)c1)C(=O)NN. The molecular weight excluding hydrogens is 274 g/mol. The van der Waals surface area contributed by atoms with Crippen LogP contribution in [0, 0.1) is 0 Å². The van der Waals surface area contributed by atoms with E-state index in [-0.39, 0.29) is 12.5 Å². The number of nitrogens with two attached hydrogens (primary N) is 1. The summed E-state index contributed by atoms with van der Waals surface area (Å²) in [5.74, 6) is 5.23. The molecule has 7 nitrogen and oxygen atoms in total. The summed E-state index contributed by atoms with van der Waals surface area (Å²) in [5, 5.41) is 0. The molecule has 1 unspecified atom stereocenters. The minimum atomic E-state index is -0.843. The number of hydrazine groups is 1. The second kappa shape index (κ2) is 7.05. The normalized spacial score (nSPS) is 15.9. The molecule has 1 aliphatic rings. The molecule has 3 N–H and O–H groups in total. The van der Waals surface area contributed by atoms with Crippen molar-refractivity contribution < 1.29 is 19.1 Å². The molecule has 0 saturated carbocycles. The summed E-state index contributed by atoms with van der Waals surface area (Å²) >= 11 is 0. The highest BCUT2D eigenvalue weighted by Gasteiger charge is 2.23. The second-order valence-electron chi connectivity index (χ2n) is 4.72. The van der Waals surface area contributed by atoms with E-state index in [0.29, 0.717) is 18.7 Å². The highest BCUT2D eigenvalue weighted by Crippen LogP contribution is 2.25. The standard InChI is InChI=1S/C14H19N3O4/c1-20-9-12(14(19)16-15)21-11-5-2-4-10(8-11)17-7-3-6-13(17)18/h2,4-5,8,12H,3,6-7,9,15H2,1H3,(H,16,19). The maximum Gasteiger partial charge on any atom is 0.277 e. The number of nitrogens with zero attached hydrogens (tertiary/aromatic N) is 1. The maximum absolute atomic E-state index is 11.7. The Morgan fingerprint density at radius 1 is 1.52 bits per heavy atom. The number of carbonyl (C=O) groups is 2. The van der Waals surface area contributed by atoms with E-state index >= 15 is 0 Å². The minimum Gasteiger partial charge on any atom is -0.478 e. The van der Waals surface area contributed by atoms with Crippen molar-refractivity contribution >= 4 is 17.5 Å². The highest BCUT2D eigenvalue weighted by atomic mass is 16.5. The van der Waals surface area contributed by atoms with Gasteiger partial charge in [-0.1, -0.05) is 6.07 Å². The van der Waals surface area contributed by atoms with Gasteiger partial charge in [-0.25, -0.2) is 5.84 Å². The third-order valence-electron chi connectivity index (χ3n) is 3.23. The first kappa shape index (κ1) is 15.3. The molecule has 0 bridgehead atoms. The van der Waals surface area contributed by atoms with Crippen molar-refractivity contribution in [2.24, 2.45) is 5.84 Å². The molecule has 1 fully saturated rings. The molecule has 0 spiro atoms. The summed E-state index contributed by atoms with van der Waals surface area (Å²) in [4.78, 5) is 25.1. The molecular formula is C14H19N3O4. The third kappa shape index (κ3) is 3.71. The van der Waals surface area contributed by atoms with Gasteiger partial charge in [0.25, 0.3) is 5.91 Å². The first-order valence-electron chi connectivity index (χ1n) is 6.72. The number of methoxy groups -OCH3 is 1. The average Bonchev–Trinajstić information content (AvgIpc) is 2.92. The van der Waals surface area contributed by atoms with E-state index in [4.69, 9.17) is 15.3 Å². The Kier molecular flexibility index (Phi) is 5.13. The fourth-order valence-corrected chi connectivity index (χ4v) is 2.22. The van der Waals surface area contributed by atoms with Crippen molar-refractivity contribution in [3.05, 3.63) is 24.3 Å². The van der Waals surface area contributed by atoms with Gasteiger partial charge < -0.3 is 14.4 Å². The molecule has 1 aliphatic heterocycles. The van der Waals surface area contributed by atoms with Gasteiger partial charge in [0.2, 0.25) is 12.0 Å². The molecule has 0 aliphatic carbocycles. The van der Waals surface area contributed by atoms with Crippen LogP contribution in [-0.2, 0) is 14.3 Å². The molecule has 7 heteroatoms. The molecule has 0 radical (unpaired) electrons. The van der Waals surface area contributed by atoms with Gasteiger partial charge in [0, 0.05) is 31.8 Å². The van der Waals surface area contributed by atoms with Gasteiger partial charge in [-0.2, -0.15) is 0 Å². The Bertz CT molecular complexity index is 521. The van der Waals surface area contributed by atoms with Gasteiger partial charge in [-0.3, -0.25) is 15.0 Å². The van der Waals surface area contributed by atoms with Crippen LogP contribution in [0.15, 0.2) is 24.3 Å². The lowest BCUT2D eigenvalue weighted by atomic mass is 10.2. The van der Waals surface area contributed by atoms with Crippen molar-refractivity contribution in [1.82, 2.24) is 5.43 Å². The number of hydrogen-bond acceptors (Lipinski definition) is 5. The Morgan fingerprint density at radius 2 is 2.33 bits per heavy atom. The van der Waals surface area contributed by atoms with Gasteiger partial charge >= 0.3 is 0 Å². The monoisotopic (exact) mass is 293 g/mol. The van der Waals surface area contributed by atoms with E-state index in [1.165, 1.54) is 7.11 Å². The van der Waals surface area contributed by atoms with Crippen molar-refractivity contribution in [2.75, 3.05) is 25.2 Å². The Labute approximate surface area is 123 Å². The summed E-state index contributed by atoms with van der Waals surface area (Å²) in [5.41, 5.74) is 2.80. The summed E-state index contributed by atoms with van der Waals surface area (Å²) in [6.07, 6.45) is 0.572. The highest BCUT2D eigenvalue weighted by molar-refractivity contribution is 5.95. The number of ether oxygens (including phenoxy) is 2. The first-order chi connectivity index (χ1) is 10.2. The number of carbonyl (C=O) groups excluding carboxylic acids is 2. The largest absolute Gasteiger partial charge is 0.478 e. The van der Waals surface area contributed by atoms with Crippen molar-refractivity contribution in [2.45, 2.75) is 18.9 Å². The maximum atomic E-state index is 11.7. The fraction of sp³-hybridized carbons (Fsp3) is 0.429. The summed E-state index contributed by atoms with van der Waals surface area (Å²) in [7, 11) is 1.47. The van der Waals surface area contributed by atoms with Crippen LogP contribution in [0.2, 0.25) is 0 Å². The quantitative estimate of drug-likeness (QED) is 0.444. The lowest BCUT2D eigenvalue weighted by molar-refractivity contribution is -0.130. The Hall–Kier alpha value is -2.12. The van der Waals surface area contributed by atoms with Crippen LogP contribution in [0.3, 0.4) is 0 Å². The lowest BCUT2D eigenvalue weighted by Crippen LogP contribution is -2.44. The van der Waals surface area contributed by atoms with Crippen molar-refractivity contribution in [1.29, 1.82) is 0 Å². The molecule has 0 aromatic heterocycles. The van der Waals surface area contributed by atoms with Crippen LogP contribution in [0.1, 0.15) is 12.8 Å². The van der Waals surface area contributed by atoms with Crippen molar-refractivity contribution in [3.63, 3.8) is 0 Å². The smallest absolute Gasteiger partial charge is 0.277 e. The summed E-state index contributed by atoms with van der Waals surface area (Å²) in [6.45, 7) is 0.781. The Balaban J connectivity index is 2.12. The predicted molar refractivity (Wildman–Crippen MR) is 76.7 cm³/mol. The molecule has 1 aromatic carbocycles. The predicted octanol–water partition coefficient (Wildman–Crippen LogP) is 0.197. The number of hydrogen-bond donors (Lipinski definition) is 2. The molecule has 114 valence electrons. The van der Waals surface area contributed by atoms with E-state index in [9.17, 15) is 9.59 Å². The lowest BCUT2D eigenvalue weighted by Gasteiger charge is -2.19. The number of nitrogens with one attached hydrogen (secondary N) is 1. The average molecular weight is 293 g/mol. The van der Waals surface area contributed by atoms with Gasteiger partial charge in [-0.05, 0) is 18.6 Å². The number of benzene rings is 1. The summed E-state index contributed by atoms with van der Waals surface area (Å²) < 4.78 is 10.5. The Morgan fingerprint density at radius 3 is 2.95 bits per heavy atom. The van der Waals surface area contributed by atoms with Crippen molar-refractivity contribution in [3.8, 4) is 5.75 Å². The molecule has 2 amide bonds. The zero-order chi connectivity index (χ0) is 15.2. The van der Waals surface area contributed by atoms with E-state index in [1.807, 2.05) is 11.5 Å². The van der Waals surface area contributed by atoms with Gasteiger partial charge in [0.1, 0.15) is 5.75 Å². The van der Waals surface area contributed by atoms with Gasteiger partial charge in [0.15, 0.2) is 0 Å². The van der Waals surface area contributed by atoms with Crippen LogP contribution in [0.4, 0.5) is 5.69 Å². The van der Waals surface area contributed by atoms with Crippen LogP contribution >= 0.6 is 0 Å². The number of amides is 2. The zero-order valence-electron chi connectivity index (χ0n) is 11.9. The van der Waals surface area contributed by atoms with E-state index in [1.54, 1.807) is 23.1 Å². The van der Waals surface area contributed by atoms with Gasteiger partial charge in [0.05, 0.1) is 6.61 Å². The summed E-state index contributed by atoms with van der Waals surface area (Å²) in [6, 6.07) is 7.07. The number of anilines is 1. The topological polar surface area (TPSA) is 93.9 Å². The molecule has 2 rings (SSSR count). The molecule has 1 aromatic rings. The molecule has 21 heavy (non-hydrogen) atoms. The van der Waals surface area contributed by atoms with Crippen LogP contribution in [0.5, 0.6) is 5.75 Å². The van der Waals surface area contributed by atoms with Crippen LogP contribution in [0.25, 0.3) is 0 Å². The molecule has 1 saturated heterocycles.